The Kier molecular flexibility index (Phi) is 4.28. The molecule has 0 aliphatic carbocycles. The van der Waals surface area contributed by atoms with Crippen LogP contribution in [0.25, 0.3) is 0 Å². The van der Waals surface area contributed by atoms with E-state index in [1.54, 1.807) is 12.1 Å². The molecule has 2 N–H and O–H groups in total. The number of hydrogen-bond donors (Lipinski definition) is 2. The standard InChI is InChI=1S/C15H21FN2O2/c1-15(2,3)20-14(19)18-13-9-17-8-12(13)10-4-6-11(16)7-5-10/h4-7,12-13,17H,8-9H2,1-3H3,(H,18,19)/t12-,13+/m1/s1. The predicted octanol–water partition coefficient (Wildman–Crippen LogP) is 2.41. The van der Waals surface area contributed by atoms with Gasteiger partial charge in [0.15, 0.2) is 0 Å². The lowest BCUT2D eigenvalue weighted by atomic mass is 9.94. The second-order valence-electron chi connectivity index (χ2n) is 6.07. The first-order chi connectivity index (χ1) is 9.35. The van der Waals surface area contributed by atoms with Crippen molar-refractivity contribution in [2.75, 3.05) is 13.1 Å². The normalized spacial score (nSPS) is 22.6. The zero-order chi connectivity index (χ0) is 14.8. The number of alkyl carbamates (subject to hydrolysis) is 1. The molecule has 1 aliphatic heterocycles. The lowest BCUT2D eigenvalue weighted by Crippen LogP contribution is -2.42. The van der Waals surface area contributed by atoms with Crippen LogP contribution in [0.15, 0.2) is 24.3 Å². The van der Waals surface area contributed by atoms with E-state index < -0.39 is 11.7 Å². The Labute approximate surface area is 118 Å². The summed E-state index contributed by atoms with van der Waals surface area (Å²) < 4.78 is 18.2. The van der Waals surface area contributed by atoms with Gasteiger partial charge in [0.25, 0.3) is 0 Å². The van der Waals surface area contributed by atoms with Crippen LogP contribution in [0.5, 0.6) is 0 Å². The topological polar surface area (TPSA) is 50.4 Å². The molecule has 20 heavy (non-hydrogen) atoms. The molecule has 0 saturated carbocycles. The van der Waals surface area contributed by atoms with Crippen LogP contribution in [-0.2, 0) is 4.74 Å². The fourth-order valence-corrected chi connectivity index (χ4v) is 2.35. The van der Waals surface area contributed by atoms with Gasteiger partial charge in [-0.3, -0.25) is 0 Å². The third-order valence-electron chi connectivity index (χ3n) is 3.21. The highest BCUT2D eigenvalue weighted by Gasteiger charge is 2.31. The van der Waals surface area contributed by atoms with Gasteiger partial charge < -0.3 is 15.4 Å². The molecule has 110 valence electrons. The van der Waals surface area contributed by atoms with E-state index in [-0.39, 0.29) is 17.8 Å². The highest BCUT2D eigenvalue weighted by atomic mass is 19.1. The molecule has 4 nitrogen and oxygen atoms in total. The number of carbonyl (C=O) groups excluding carboxylic acids is 1. The van der Waals surface area contributed by atoms with Crippen molar-refractivity contribution >= 4 is 6.09 Å². The van der Waals surface area contributed by atoms with Crippen LogP contribution in [0, 0.1) is 5.82 Å². The van der Waals surface area contributed by atoms with Gasteiger partial charge in [-0.15, -0.1) is 0 Å². The van der Waals surface area contributed by atoms with Crippen molar-refractivity contribution in [1.29, 1.82) is 0 Å². The third-order valence-corrected chi connectivity index (χ3v) is 3.21. The molecule has 1 aromatic rings. The summed E-state index contributed by atoms with van der Waals surface area (Å²) in [5, 5.41) is 6.12. The quantitative estimate of drug-likeness (QED) is 0.874. The second kappa shape index (κ2) is 5.79. The smallest absolute Gasteiger partial charge is 0.407 e. The minimum absolute atomic E-state index is 0.0460. The fraction of sp³-hybridized carbons (Fsp3) is 0.533. The molecule has 1 aliphatic rings. The van der Waals surface area contributed by atoms with Crippen LogP contribution in [-0.4, -0.2) is 30.8 Å². The summed E-state index contributed by atoms with van der Waals surface area (Å²) in [4.78, 5) is 11.8. The first kappa shape index (κ1) is 14.8. The summed E-state index contributed by atoms with van der Waals surface area (Å²) in [5.41, 5.74) is 0.499. The summed E-state index contributed by atoms with van der Waals surface area (Å²) in [6, 6.07) is 6.36. The molecule has 5 heteroatoms. The summed E-state index contributed by atoms with van der Waals surface area (Å²) >= 11 is 0. The molecule has 0 radical (unpaired) electrons. The maximum Gasteiger partial charge on any atom is 0.407 e. The number of nitrogens with one attached hydrogen (secondary N) is 2. The minimum atomic E-state index is -0.512. The SMILES string of the molecule is CC(C)(C)OC(=O)N[C@H]1CNC[C@@H]1c1ccc(F)cc1. The summed E-state index contributed by atoms with van der Waals surface area (Å²) in [5.74, 6) is -0.125. The number of hydrogen-bond acceptors (Lipinski definition) is 3. The Hall–Kier alpha value is -1.62. The average Bonchev–Trinajstić information content (AvgIpc) is 2.75. The molecular formula is C15H21FN2O2. The van der Waals surface area contributed by atoms with E-state index in [0.717, 1.165) is 12.1 Å². The van der Waals surface area contributed by atoms with Gasteiger partial charge in [0.1, 0.15) is 11.4 Å². The van der Waals surface area contributed by atoms with Crippen molar-refractivity contribution in [3.63, 3.8) is 0 Å². The Balaban J connectivity index is 2.00. The first-order valence-corrected chi connectivity index (χ1v) is 6.81. The van der Waals surface area contributed by atoms with Crippen LogP contribution >= 0.6 is 0 Å². The lowest BCUT2D eigenvalue weighted by molar-refractivity contribution is 0.0504. The van der Waals surface area contributed by atoms with Gasteiger partial charge in [-0.05, 0) is 38.5 Å². The Morgan fingerprint density at radius 2 is 1.95 bits per heavy atom. The van der Waals surface area contributed by atoms with Crippen LogP contribution in [0.2, 0.25) is 0 Å². The summed E-state index contributed by atoms with van der Waals surface area (Å²) in [6.07, 6.45) is -0.418. The number of halogens is 1. The van der Waals surface area contributed by atoms with Crippen molar-refractivity contribution < 1.29 is 13.9 Å². The lowest BCUT2D eigenvalue weighted by Gasteiger charge is -2.24. The number of amides is 1. The average molecular weight is 280 g/mol. The number of ether oxygens (including phenoxy) is 1. The molecule has 0 bridgehead atoms. The van der Waals surface area contributed by atoms with Crippen LogP contribution in [0.4, 0.5) is 9.18 Å². The van der Waals surface area contributed by atoms with Gasteiger partial charge in [0, 0.05) is 19.0 Å². The molecule has 2 rings (SSSR count). The fourth-order valence-electron chi connectivity index (χ4n) is 2.35. The van der Waals surface area contributed by atoms with E-state index in [0.29, 0.717) is 6.54 Å². The number of rotatable bonds is 2. The van der Waals surface area contributed by atoms with Crippen molar-refractivity contribution in [2.24, 2.45) is 0 Å². The highest BCUT2D eigenvalue weighted by molar-refractivity contribution is 5.68. The monoisotopic (exact) mass is 280 g/mol. The maximum absolute atomic E-state index is 13.0. The van der Waals surface area contributed by atoms with Crippen molar-refractivity contribution in [3.8, 4) is 0 Å². The van der Waals surface area contributed by atoms with E-state index >= 15 is 0 Å². The zero-order valence-corrected chi connectivity index (χ0v) is 12.1. The Morgan fingerprint density at radius 1 is 1.30 bits per heavy atom. The van der Waals surface area contributed by atoms with Gasteiger partial charge in [-0.2, -0.15) is 0 Å². The molecule has 0 aromatic heterocycles. The minimum Gasteiger partial charge on any atom is -0.444 e. The molecule has 0 spiro atoms. The molecule has 0 unspecified atom stereocenters. The van der Waals surface area contributed by atoms with Crippen molar-refractivity contribution in [3.05, 3.63) is 35.6 Å². The van der Waals surface area contributed by atoms with Gasteiger partial charge in [0.2, 0.25) is 0 Å². The number of benzene rings is 1. The van der Waals surface area contributed by atoms with Crippen LogP contribution in [0.3, 0.4) is 0 Å². The molecular weight excluding hydrogens is 259 g/mol. The largest absolute Gasteiger partial charge is 0.444 e. The highest BCUT2D eigenvalue weighted by Crippen LogP contribution is 2.23. The molecule has 2 atom stereocenters. The van der Waals surface area contributed by atoms with Crippen LogP contribution < -0.4 is 10.6 Å². The predicted molar refractivity (Wildman–Crippen MR) is 75.2 cm³/mol. The van der Waals surface area contributed by atoms with E-state index in [2.05, 4.69) is 10.6 Å². The Morgan fingerprint density at radius 3 is 2.55 bits per heavy atom. The van der Waals surface area contributed by atoms with Gasteiger partial charge in [-0.1, -0.05) is 12.1 Å². The molecule has 1 saturated heterocycles. The Bertz CT molecular complexity index is 468. The third kappa shape index (κ3) is 3.93. The zero-order valence-electron chi connectivity index (χ0n) is 12.1. The molecule has 1 amide bonds. The van der Waals surface area contributed by atoms with Crippen molar-refractivity contribution in [1.82, 2.24) is 10.6 Å². The molecule has 1 heterocycles. The first-order valence-electron chi connectivity index (χ1n) is 6.81. The van der Waals surface area contributed by atoms with Gasteiger partial charge >= 0.3 is 6.09 Å². The maximum atomic E-state index is 13.0. The van der Waals surface area contributed by atoms with E-state index in [1.165, 1.54) is 12.1 Å². The molecule has 1 aromatic carbocycles. The molecule has 1 fully saturated rings. The van der Waals surface area contributed by atoms with E-state index in [1.807, 2.05) is 20.8 Å². The van der Waals surface area contributed by atoms with Gasteiger partial charge in [-0.25, -0.2) is 9.18 Å². The summed E-state index contributed by atoms with van der Waals surface area (Å²) in [7, 11) is 0. The van der Waals surface area contributed by atoms with Crippen molar-refractivity contribution in [2.45, 2.75) is 38.3 Å². The second-order valence-corrected chi connectivity index (χ2v) is 6.07. The number of carbonyl (C=O) groups is 1. The van der Waals surface area contributed by atoms with E-state index in [9.17, 15) is 9.18 Å². The summed E-state index contributed by atoms with van der Waals surface area (Å²) in [6.45, 7) is 6.93. The van der Waals surface area contributed by atoms with Gasteiger partial charge in [0.05, 0.1) is 6.04 Å². The van der Waals surface area contributed by atoms with E-state index in [4.69, 9.17) is 4.74 Å². The van der Waals surface area contributed by atoms with Crippen LogP contribution in [0.1, 0.15) is 32.3 Å².